The molecule has 1 heterocycles. The fourth-order valence-electron chi connectivity index (χ4n) is 0.672. The Labute approximate surface area is 48.6 Å². The summed E-state index contributed by atoms with van der Waals surface area (Å²) in [6.45, 7) is 0.510. The average molecular weight is 111 g/mol. The van der Waals surface area contributed by atoms with Gasteiger partial charge >= 0.3 is 0 Å². The number of hydrogen-bond donors (Lipinski definition) is 1. The summed E-state index contributed by atoms with van der Waals surface area (Å²) in [7, 11) is 0. The molecule has 0 bridgehead atoms. The fourth-order valence-corrected chi connectivity index (χ4v) is 0.672. The molecule has 1 N–H and O–H groups in total. The van der Waals surface area contributed by atoms with Crippen LogP contribution < -0.4 is 5.32 Å². The Bertz CT molecular complexity index is 106. The topological polar surface area (TPSA) is 29.1 Å². The summed E-state index contributed by atoms with van der Waals surface area (Å²) in [5, 5.41) is 2.87. The number of Topliss-reactive ketones (excluding diaryl/α,β-unsaturated/α-hetero) is 1. The van der Waals surface area contributed by atoms with Crippen LogP contribution in [0.4, 0.5) is 0 Å². The van der Waals surface area contributed by atoms with E-state index in [0.29, 0.717) is 18.7 Å². The van der Waals surface area contributed by atoms with Gasteiger partial charge in [-0.15, -0.1) is 0 Å². The van der Waals surface area contributed by atoms with E-state index in [1.54, 1.807) is 0 Å². The third kappa shape index (κ3) is 1.37. The summed E-state index contributed by atoms with van der Waals surface area (Å²) in [6.07, 6.45) is 5.41. The van der Waals surface area contributed by atoms with Crippen LogP contribution in [0.1, 0.15) is 12.8 Å². The van der Waals surface area contributed by atoms with E-state index in [1.807, 2.05) is 12.3 Å². The molecule has 0 fully saturated rings. The third-order valence-electron chi connectivity index (χ3n) is 1.12. The number of allylic oxidation sites excluding steroid dienone is 1. The molecule has 0 aromatic carbocycles. The first-order valence-electron chi connectivity index (χ1n) is 2.80. The molecule has 0 spiro atoms. The molecule has 8 heavy (non-hydrogen) atoms. The molecule has 1 rings (SSSR count). The zero-order valence-electron chi connectivity index (χ0n) is 4.68. The van der Waals surface area contributed by atoms with Gasteiger partial charge in [-0.25, -0.2) is 0 Å². The zero-order valence-corrected chi connectivity index (χ0v) is 4.68. The second-order valence-electron chi connectivity index (χ2n) is 1.86. The highest BCUT2D eigenvalue weighted by molar-refractivity contribution is 5.80. The zero-order chi connectivity index (χ0) is 5.82. The molecule has 0 saturated carbocycles. The van der Waals surface area contributed by atoms with Crippen molar-refractivity contribution < 1.29 is 4.79 Å². The minimum Gasteiger partial charge on any atom is -0.384 e. The van der Waals surface area contributed by atoms with Gasteiger partial charge in [-0.1, -0.05) is 6.08 Å². The van der Waals surface area contributed by atoms with Gasteiger partial charge < -0.3 is 5.32 Å². The fraction of sp³-hybridized carbons (Fsp3) is 0.500. The predicted molar refractivity (Wildman–Crippen MR) is 31.4 cm³/mol. The van der Waals surface area contributed by atoms with Gasteiger partial charge in [-0.3, -0.25) is 4.79 Å². The van der Waals surface area contributed by atoms with Crippen molar-refractivity contribution in [3.8, 4) is 0 Å². The Kier molecular flexibility index (Phi) is 1.67. The summed E-state index contributed by atoms with van der Waals surface area (Å²) >= 11 is 0. The van der Waals surface area contributed by atoms with Crippen molar-refractivity contribution >= 4 is 5.78 Å². The first-order chi connectivity index (χ1) is 3.89. The van der Waals surface area contributed by atoms with Crippen LogP contribution >= 0.6 is 0 Å². The van der Waals surface area contributed by atoms with Crippen LogP contribution in [0.15, 0.2) is 12.3 Å². The van der Waals surface area contributed by atoms with E-state index in [-0.39, 0.29) is 0 Å². The van der Waals surface area contributed by atoms with Gasteiger partial charge in [0.25, 0.3) is 0 Å². The monoisotopic (exact) mass is 111 g/mol. The highest BCUT2D eigenvalue weighted by Gasteiger charge is 1.99. The SMILES string of the molecule is O=C1CCC=CNC1. The van der Waals surface area contributed by atoms with E-state index in [1.165, 1.54) is 0 Å². The minimum absolute atomic E-state index is 0.301. The highest BCUT2D eigenvalue weighted by Crippen LogP contribution is 1.94. The van der Waals surface area contributed by atoms with Crippen molar-refractivity contribution in [2.45, 2.75) is 12.8 Å². The number of ketones is 1. The van der Waals surface area contributed by atoms with Crippen molar-refractivity contribution in [1.82, 2.24) is 5.32 Å². The summed E-state index contributed by atoms with van der Waals surface area (Å²) in [5.41, 5.74) is 0. The first-order valence-corrected chi connectivity index (χ1v) is 2.80. The van der Waals surface area contributed by atoms with Gasteiger partial charge in [-0.2, -0.15) is 0 Å². The quantitative estimate of drug-likeness (QED) is 0.492. The van der Waals surface area contributed by atoms with Crippen molar-refractivity contribution in [1.29, 1.82) is 0 Å². The molecule has 2 heteroatoms. The Morgan fingerprint density at radius 2 is 2.50 bits per heavy atom. The van der Waals surface area contributed by atoms with E-state index in [4.69, 9.17) is 0 Å². The van der Waals surface area contributed by atoms with Crippen LogP contribution in [0.3, 0.4) is 0 Å². The van der Waals surface area contributed by atoms with Crippen LogP contribution in [0.2, 0.25) is 0 Å². The van der Waals surface area contributed by atoms with Gasteiger partial charge in [0, 0.05) is 6.42 Å². The van der Waals surface area contributed by atoms with E-state index in [9.17, 15) is 4.79 Å². The van der Waals surface area contributed by atoms with Crippen LogP contribution in [-0.2, 0) is 4.79 Å². The highest BCUT2D eigenvalue weighted by atomic mass is 16.1. The molecule has 0 aromatic heterocycles. The number of rotatable bonds is 0. The molecular weight excluding hydrogens is 102 g/mol. The van der Waals surface area contributed by atoms with Crippen molar-refractivity contribution in [3.63, 3.8) is 0 Å². The number of carbonyl (C=O) groups is 1. The van der Waals surface area contributed by atoms with Crippen LogP contribution in [0.5, 0.6) is 0 Å². The molecule has 0 saturated heterocycles. The summed E-state index contributed by atoms with van der Waals surface area (Å²) < 4.78 is 0. The molecule has 0 unspecified atom stereocenters. The lowest BCUT2D eigenvalue weighted by molar-refractivity contribution is -0.117. The van der Waals surface area contributed by atoms with Crippen molar-refractivity contribution in [2.24, 2.45) is 0 Å². The van der Waals surface area contributed by atoms with Crippen molar-refractivity contribution in [3.05, 3.63) is 12.3 Å². The molecule has 1 aliphatic rings. The summed E-state index contributed by atoms with van der Waals surface area (Å²) in [4.78, 5) is 10.6. The van der Waals surface area contributed by atoms with Gasteiger partial charge in [0.05, 0.1) is 6.54 Å². The van der Waals surface area contributed by atoms with Crippen LogP contribution in [-0.4, -0.2) is 12.3 Å². The van der Waals surface area contributed by atoms with Crippen LogP contribution in [0.25, 0.3) is 0 Å². The van der Waals surface area contributed by atoms with Gasteiger partial charge in [0.2, 0.25) is 0 Å². The molecule has 0 amide bonds. The van der Waals surface area contributed by atoms with Gasteiger partial charge in [0.1, 0.15) is 0 Å². The molecule has 44 valence electrons. The smallest absolute Gasteiger partial charge is 0.152 e. The normalized spacial score (nSPS) is 19.8. The third-order valence-corrected chi connectivity index (χ3v) is 1.12. The second-order valence-corrected chi connectivity index (χ2v) is 1.86. The van der Waals surface area contributed by atoms with Crippen molar-refractivity contribution in [2.75, 3.05) is 6.54 Å². The summed E-state index contributed by atoms with van der Waals surface area (Å²) in [5.74, 6) is 0.301. The summed E-state index contributed by atoms with van der Waals surface area (Å²) in [6, 6.07) is 0. The lowest BCUT2D eigenvalue weighted by Gasteiger charge is -1.91. The number of hydrogen-bond acceptors (Lipinski definition) is 2. The van der Waals surface area contributed by atoms with E-state index in [0.717, 1.165) is 6.42 Å². The Balaban J connectivity index is 2.39. The molecule has 1 aliphatic heterocycles. The van der Waals surface area contributed by atoms with Crippen LogP contribution in [0, 0.1) is 0 Å². The lowest BCUT2D eigenvalue weighted by Crippen LogP contribution is -2.14. The maximum Gasteiger partial charge on any atom is 0.152 e. The van der Waals surface area contributed by atoms with E-state index < -0.39 is 0 Å². The first kappa shape index (κ1) is 5.35. The predicted octanol–water partition coefficient (Wildman–Crippen LogP) is 0.453. The second kappa shape index (κ2) is 2.50. The lowest BCUT2D eigenvalue weighted by atomic mass is 10.2. The Morgan fingerprint density at radius 3 is 3.38 bits per heavy atom. The maximum atomic E-state index is 10.6. The molecule has 0 aromatic rings. The molecule has 0 aliphatic carbocycles. The minimum atomic E-state index is 0.301. The molecule has 0 radical (unpaired) electrons. The van der Waals surface area contributed by atoms with E-state index >= 15 is 0 Å². The Hall–Kier alpha value is -0.790. The average Bonchev–Trinajstić information content (AvgIpc) is 1.94. The van der Waals surface area contributed by atoms with Gasteiger partial charge in [0.15, 0.2) is 5.78 Å². The molecule has 0 atom stereocenters. The largest absolute Gasteiger partial charge is 0.384 e. The molecule has 2 nitrogen and oxygen atoms in total. The van der Waals surface area contributed by atoms with E-state index in [2.05, 4.69) is 5.32 Å². The number of carbonyl (C=O) groups excluding carboxylic acids is 1. The number of nitrogens with one attached hydrogen (secondary N) is 1. The molecular formula is C6H9NO. The Morgan fingerprint density at radius 1 is 1.62 bits per heavy atom. The van der Waals surface area contributed by atoms with Gasteiger partial charge in [-0.05, 0) is 12.6 Å². The maximum absolute atomic E-state index is 10.6. The standard InChI is InChI=1S/C6H9NO/c8-6-3-1-2-4-7-5-6/h2,4,7H,1,3,5H2.